The van der Waals surface area contributed by atoms with E-state index in [1.165, 1.54) is 13.2 Å². The summed E-state index contributed by atoms with van der Waals surface area (Å²) in [6, 6.07) is 10.2. The standard InChI is InChI=1S/C22H26F3N7O3S/c1-32(36(2,34)35)20-16(4-3-9-27-20)13-28-19-18(22(23,24)25)14-29-21(31-19)30-17-7-5-15(6-8-17)12-26-10-11-33/h3-9,14,26,33H,10-13H2,1-2H3,(H2,28,29,30,31). The van der Waals surface area contributed by atoms with Gasteiger partial charge in [0.2, 0.25) is 16.0 Å². The Kier molecular flexibility index (Phi) is 8.66. The van der Waals surface area contributed by atoms with Gasteiger partial charge in [-0.05, 0) is 23.8 Å². The van der Waals surface area contributed by atoms with Crippen molar-refractivity contribution in [2.24, 2.45) is 0 Å². The Balaban J connectivity index is 1.82. The number of pyridine rings is 1. The Morgan fingerprint density at radius 3 is 2.44 bits per heavy atom. The Hall–Kier alpha value is -3.49. The van der Waals surface area contributed by atoms with Crippen molar-refractivity contribution in [2.75, 3.05) is 41.4 Å². The summed E-state index contributed by atoms with van der Waals surface area (Å²) in [6.45, 7) is 0.868. The van der Waals surface area contributed by atoms with Crippen LogP contribution in [0.1, 0.15) is 16.7 Å². The van der Waals surface area contributed by atoms with Crippen LogP contribution in [0.4, 0.5) is 36.4 Å². The molecule has 0 saturated carbocycles. The highest BCUT2D eigenvalue weighted by molar-refractivity contribution is 7.92. The summed E-state index contributed by atoms with van der Waals surface area (Å²) < 4.78 is 65.6. The van der Waals surface area contributed by atoms with Gasteiger partial charge in [0.25, 0.3) is 0 Å². The first-order valence-corrected chi connectivity index (χ1v) is 12.6. The van der Waals surface area contributed by atoms with Crippen molar-refractivity contribution in [3.8, 4) is 0 Å². The van der Waals surface area contributed by atoms with Gasteiger partial charge in [0.05, 0.1) is 12.9 Å². The van der Waals surface area contributed by atoms with Gasteiger partial charge in [-0.1, -0.05) is 18.2 Å². The Bertz CT molecular complexity index is 1270. The lowest BCUT2D eigenvalue weighted by atomic mass is 10.2. The van der Waals surface area contributed by atoms with Crippen LogP contribution in [0, 0.1) is 0 Å². The van der Waals surface area contributed by atoms with Crippen LogP contribution in [-0.2, 0) is 29.3 Å². The predicted octanol–water partition coefficient (Wildman–Crippen LogP) is 2.72. The second-order valence-corrected chi connectivity index (χ2v) is 9.76. The fourth-order valence-corrected chi connectivity index (χ4v) is 3.60. The maximum Gasteiger partial charge on any atom is 0.421 e. The molecule has 36 heavy (non-hydrogen) atoms. The van der Waals surface area contributed by atoms with Gasteiger partial charge in [-0.2, -0.15) is 18.2 Å². The number of hydrogen-bond donors (Lipinski definition) is 4. The van der Waals surface area contributed by atoms with Crippen LogP contribution in [0.5, 0.6) is 0 Å². The largest absolute Gasteiger partial charge is 0.421 e. The van der Waals surface area contributed by atoms with Gasteiger partial charge in [0, 0.05) is 50.3 Å². The van der Waals surface area contributed by atoms with Crippen LogP contribution in [0.15, 0.2) is 48.8 Å². The van der Waals surface area contributed by atoms with E-state index in [-0.39, 0.29) is 24.9 Å². The summed E-state index contributed by atoms with van der Waals surface area (Å²) in [5.74, 6) is -0.444. The van der Waals surface area contributed by atoms with Crippen molar-refractivity contribution in [1.29, 1.82) is 0 Å². The van der Waals surface area contributed by atoms with Crippen LogP contribution in [0.2, 0.25) is 0 Å². The number of aliphatic hydroxyl groups is 1. The second kappa shape index (κ2) is 11.5. The minimum Gasteiger partial charge on any atom is -0.395 e. The minimum absolute atomic E-state index is 0.0256. The monoisotopic (exact) mass is 525 g/mol. The molecule has 1 aromatic carbocycles. The molecule has 0 radical (unpaired) electrons. The van der Waals surface area contributed by atoms with Crippen molar-refractivity contribution in [1.82, 2.24) is 20.3 Å². The SMILES string of the molecule is CN(c1ncccc1CNc1nc(Nc2ccc(CNCCO)cc2)ncc1C(F)(F)F)S(C)(=O)=O. The quantitative estimate of drug-likeness (QED) is 0.279. The molecule has 10 nitrogen and oxygen atoms in total. The van der Waals surface area contributed by atoms with E-state index in [0.29, 0.717) is 30.5 Å². The molecule has 0 saturated heterocycles. The van der Waals surface area contributed by atoms with Gasteiger partial charge in [-0.3, -0.25) is 4.31 Å². The van der Waals surface area contributed by atoms with Crippen LogP contribution < -0.4 is 20.3 Å². The van der Waals surface area contributed by atoms with E-state index < -0.39 is 27.6 Å². The number of sulfonamides is 1. The van der Waals surface area contributed by atoms with Crippen molar-refractivity contribution in [3.63, 3.8) is 0 Å². The number of aromatic nitrogens is 3. The van der Waals surface area contributed by atoms with E-state index in [1.54, 1.807) is 24.3 Å². The minimum atomic E-state index is -4.72. The molecule has 0 aliphatic carbocycles. The van der Waals surface area contributed by atoms with Gasteiger partial charge in [0.1, 0.15) is 17.2 Å². The molecule has 2 heterocycles. The number of anilines is 4. The molecule has 0 atom stereocenters. The molecule has 0 amide bonds. The van der Waals surface area contributed by atoms with Crippen LogP contribution >= 0.6 is 0 Å². The molecule has 3 aromatic rings. The van der Waals surface area contributed by atoms with Crippen LogP contribution in [0.25, 0.3) is 0 Å². The summed E-state index contributed by atoms with van der Waals surface area (Å²) in [7, 11) is -2.32. The van der Waals surface area contributed by atoms with Gasteiger partial charge in [-0.15, -0.1) is 0 Å². The third kappa shape index (κ3) is 7.26. The summed E-state index contributed by atoms with van der Waals surface area (Å²) in [4.78, 5) is 11.9. The molecular formula is C22H26F3N7O3S. The molecule has 0 unspecified atom stereocenters. The zero-order chi connectivity index (χ0) is 26.3. The topological polar surface area (TPSA) is 132 Å². The average molecular weight is 526 g/mol. The molecule has 0 aliphatic rings. The molecule has 14 heteroatoms. The number of nitrogens with one attached hydrogen (secondary N) is 3. The van der Waals surface area contributed by atoms with Gasteiger partial charge in [-0.25, -0.2) is 18.4 Å². The number of aliphatic hydroxyl groups excluding tert-OH is 1. The van der Waals surface area contributed by atoms with Crippen molar-refractivity contribution < 1.29 is 26.7 Å². The lowest BCUT2D eigenvalue weighted by Crippen LogP contribution is -2.27. The van der Waals surface area contributed by atoms with E-state index >= 15 is 0 Å². The van der Waals surface area contributed by atoms with Crippen molar-refractivity contribution in [2.45, 2.75) is 19.3 Å². The smallest absolute Gasteiger partial charge is 0.395 e. The molecule has 194 valence electrons. The maximum absolute atomic E-state index is 13.6. The number of halogens is 3. The average Bonchev–Trinajstić information content (AvgIpc) is 2.82. The Morgan fingerprint density at radius 1 is 1.08 bits per heavy atom. The lowest BCUT2D eigenvalue weighted by Gasteiger charge is -2.20. The highest BCUT2D eigenvalue weighted by Crippen LogP contribution is 2.34. The Labute approximate surface area is 206 Å². The predicted molar refractivity (Wildman–Crippen MR) is 130 cm³/mol. The van der Waals surface area contributed by atoms with E-state index in [4.69, 9.17) is 5.11 Å². The molecule has 0 fully saturated rings. The van der Waals surface area contributed by atoms with Crippen LogP contribution in [0.3, 0.4) is 0 Å². The molecule has 0 aliphatic heterocycles. The highest BCUT2D eigenvalue weighted by atomic mass is 32.2. The molecule has 2 aromatic heterocycles. The highest BCUT2D eigenvalue weighted by Gasteiger charge is 2.35. The molecular weight excluding hydrogens is 499 g/mol. The number of nitrogens with zero attached hydrogens (tertiary/aromatic N) is 4. The number of rotatable bonds is 11. The second-order valence-electron chi connectivity index (χ2n) is 7.75. The first-order chi connectivity index (χ1) is 17.0. The van der Waals surface area contributed by atoms with Crippen molar-refractivity contribution in [3.05, 3.63) is 65.5 Å². The van der Waals surface area contributed by atoms with Gasteiger partial charge in [0.15, 0.2) is 0 Å². The first-order valence-electron chi connectivity index (χ1n) is 10.7. The summed E-state index contributed by atoms with van der Waals surface area (Å²) in [5, 5.41) is 17.4. The van der Waals surface area contributed by atoms with Crippen molar-refractivity contribution >= 4 is 33.3 Å². The van der Waals surface area contributed by atoms with E-state index in [9.17, 15) is 21.6 Å². The van der Waals surface area contributed by atoms with E-state index in [1.807, 2.05) is 12.1 Å². The summed E-state index contributed by atoms with van der Waals surface area (Å²) in [5.41, 5.74) is 0.810. The van der Waals surface area contributed by atoms with Crippen LogP contribution in [-0.4, -0.2) is 54.9 Å². The fourth-order valence-electron chi connectivity index (χ4n) is 3.12. The fraction of sp³-hybridized carbons (Fsp3) is 0.318. The van der Waals surface area contributed by atoms with E-state index in [2.05, 4.69) is 30.9 Å². The Morgan fingerprint density at radius 2 is 1.81 bits per heavy atom. The summed E-state index contributed by atoms with van der Waals surface area (Å²) in [6.07, 6.45) is -1.65. The third-order valence-electron chi connectivity index (χ3n) is 5.03. The number of hydrogen-bond acceptors (Lipinski definition) is 9. The first kappa shape index (κ1) is 27.1. The lowest BCUT2D eigenvalue weighted by molar-refractivity contribution is -0.137. The zero-order valence-corrected chi connectivity index (χ0v) is 20.4. The number of alkyl halides is 3. The molecule has 4 N–H and O–H groups in total. The number of benzene rings is 1. The molecule has 0 bridgehead atoms. The van der Waals surface area contributed by atoms with Gasteiger partial charge >= 0.3 is 6.18 Å². The maximum atomic E-state index is 13.6. The zero-order valence-electron chi connectivity index (χ0n) is 19.5. The normalized spacial score (nSPS) is 11.8. The molecule has 3 rings (SSSR count). The van der Waals surface area contributed by atoms with Gasteiger partial charge < -0.3 is 21.1 Å². The van der Waals surface area contributed by atoms with E-state index in [0.717, 1.165) is 16.1 Å². The third-order valence-corrected chi connectivity index (χ3v) is 6.20. The molecule has 0 spiro atoms. The summed E-state index contributed by atoms with van der Waals surface area (Å²) >= 11 is 0.